The maximum Gasteiger partial charge on any atom is 0.160 e. The van der Waals surface area contributed by atoms with Crippen LogP contribution in [-0.2, 0) is 5.41 Å². The molecule has 1 aliphatic rings. The van der Waals surface area contributed by atoms with Crippen LogP contribution in [0.4, 0.5) is 0 Å². The Hall–Kier alpha value is -5.67. The maximum absolute atomic E-state index is 5.14. The van der Waals surface area contributed by atoms with Gasteiger partial charge < -0.3 is 0 Å². The molecule has 3 nitrogen and oxygen atoms in total. The minimum atomic E-state index is -0.00975. The average Bonchev–Trinajstić information content (AvgIpc) is 3.34. The molecule has 0 fully saturated rings. The van der Waals surface area contributed by atoms with Crippen molar-refractivity contribution in [2.75, 3.05) is 0 Å². The molecule has 8 rings (SSSR count). The molecule has 0 N–H and O–H groups in total. The molecule has 0 aliphatic heterocycles. The van der Waals surface area contributed by atoms with Gasteiger partial charge in [0.25, 0.3) is 0 Å². The first-order chi connectivity index (χ1) is 22.0. The van der Waals surface area contributed by atoms with Gasteiger partial charge in [0.15, 0.2) is 5.82 Å². The summed E-state index contributed by atoms with van der Waals surface area (Å²) in [5, 5.41) is 0. The molecule has 0 spiro atoms. The van der Waals surface area contributed by atoms with Crippen molar-refractivity contribution in [1.29, 1.82) is 0 Å². The van der Waals surface area contributed by atoms with E-state index in [0.717, 1.165) is 44.8 Å². The Morgan fingerprint density at radius 1 is 0.422 bits per heavy atom. The van der Waals surface area contributed by atoms with Crippen LogP contribution < -0.4 is 0 Å². The van der Waals surface area contributed by atoms with Gasteiger partial charge in [-0.1, -0.05) is 117 Å². The molecular formula is C42H31N3. The zero-order valence-corrected chi connectivity index (χ0v) is 25.3. The predicted octanol–water partition coefficient (Wildman–Crippen LogP) is 10.5. The number of aromatic nitrogens is 3. The molecule has 0 atom stereocenters. The largest absolute Gasteiger partial charge is 0.264 e. The number of hydrogen-bond acceptors (Lipinski definition) is 3. The summed E-state index contributed by atoms with van der Waals surface area (Å²) in [6, 6.07) is 49.3. The quantitative estimate of drug-likeness (QED) is 0.204. The van der Waals surface area contributed by atoms with Gasteiger partial charge in [-0.15, -0.1) is 0 Å². The van der Waals surface area contributed by atoms with Crippen molar-refractivity contribution < 1.29 is 0 Å². The van der Waals surface area contributed by atoms with Crippen LogP contribution in [0.25, 0.3) is 67.3 Å². The van der Waals surface area contributed by atoms with E-state index in [1.165, 1.54) is 27.8 Å². The Labute approximate surface area is 264 Å². The molecule has 7 aromatic rings. The third-order valence-electron chi connectivity index (χ3n) is 8.99. The standard InChI is InChI=1S/C42H31N3/c1-42(2)37-19-7-6-18-35(37)36-25-31(20-21-38(36)42)30-14-8-15-32(23-30)39-26-40(34-17-10-22-43-27-34)45-41(44-39)33-16-9-13-29(24-33)28-11-4-3-5-12-28/h3-27H,1-2H3. The Kier molecular flexibility index (Phi) is 6.46. The fourth-order valence-corrected chi connectivity index (χ4v) is 6.61. The van der Waals surface area contributed by atoms with Gasteiger partial charge in [0.1, 0.15) is 0 Å². The highest BCUT2D eigenvalue weighted by Gasteiger charge is 2.35. The van der Waals surface area contributed by atoms with Crippen molar-refractivity contribution >= 4 is 0 Å². The van der Waals surface area contributed by atoms with E-state index in [9.17, 15) is 0 Å². The van der Waals surface area contributed by atoms with Crippen LogP contribution in [0.5, 0.6) is 0 Å². The van der Waals surface area contributed by atoms with Gasteiger partial charge in [-0.3, -0.25) is 4.98 Å². The summed E-state index contributed by atoms with van der Waals surface area (Å²) >= 11 is 0. The van der Waals surface area contributed by atoms with E-state index in [0.29, 0.717) is 5.82 Å². The highest BCUT2D eigenvalue weighted by Crippen LogP contribution is 2.49. The third-order valence-corrected chi connectivity index (χ3v) is 8.99. The van der Waals surface area contributed by atoms with Crippen molar-refractivity contribution in [2.24, 2.45) is 0 Å². The highest BCUT2D eigenvalue weighted by atomic mass is 14.9. The number of nitrogens with zero attached hydrogens (tertiary/aromatic N) is 3. The molecule has 5 aromatic carbocycles. The first kappa shape index (κ1) is 26.9. The van der Waals surface area contributed by atoms with Crippen LogP contribution in [0, 0.1) is 0 Å². The van der Waals surface area contributed by atoms with Crippen molar-refractivity contribution in [3.63, 3.8) is 0 Å². The van der Waals surface area contributed by atoms with Crippen molar-refractivity contribution in [2.45, 2.75) is 19.3 Å². The Morgan fingerprint density at radius 2 is 1.02 bits per heavy atom. The van der Waals surface area contributed by atoms with E-state index in [1.54, 1.807) is 6.20 Å². The lowest BCUT2D eigenvalue weighted by molar-refractivity contribution is 0.660. The molecule has 3 heteroatoms. The SMILES string of the molecule is CC1(C)c2ccccc2-c2cc(-c3cccc(-c4cc(-c5cccnc5)nc(-c5cccc(-c6ccccc6)c5)n4)c3)ccc21. The fourth-order valence-electron chi connectivity index (χ4n) is 6.61. The van der Waals surface area contributed by atoms with Crippen molar-refractivity contribution in [3.05, 3.63) is 163 Å². The lowest BCUT2D eigenvalue weighted by atomic mass is 9.82. The van der Waals surface area contributed by atoms with Crippen LogP contribution in [0.1, 0.15) is 25.0 Å². The van der Waals surface area contributed by atoms with Crippen LogP contribution in [0.2, 0.25) is 0 Å². The van der Waals surface area contributed by atoms with Gasteiger partial charge in [-0.05, 0) is 80.9 Å². The first-order valence-corrected chi connectivity index (χ1v) is 15.4. The molecule has 0 amide bonds. The predicted molar refractivity (Wildman–Crippen MR) is 185 cm³/mol. The Bertz CT molecular complexity index is 2180. The van der Waals surface area contributed by atoms with Gasteiger partial charge in [-0.25, -0.2) is 9.97 Å². The molecule has 0 bridgehead atoms. The molecule has 0 saturated heterocycles. The van der Waals surface area contributed by atoms with Gasteiger partial charge in [0, 0.05) is 34.5 Å². The molecule has 214 valence electrons. The second-order valence-corrected chi connectivity index (χ2v) is 12.2. The monoisotopic (exact) mass is 577 g/mol. The normalized spacial score (nSPS) is 12.8. The molecular weight excluding hydrogens is 546 g/mol. The van der Waals surface area contributed by atoms with E-state index in [-0.39, 0.29) is 5.41 Å². The lowest BCUT2D eigenvalue weighted by Crippen LogP contribution is -2.14. The minimum Gasteiger partial charge on any atom is -0.264 e. The first-order valence-electron chi connectivity index (χ1n) is 15.4. The van der Waals surface area contributed by atoms with Crippen LogP contribution in [-0.4, -0.2) is 15.0 Å². The summed E-state index contributed by atoms with van der Waals surface area (Å²) in [6.45, 7) is 4.64. The summed E-state index contributed by atoms with van der Waals surface area (Å²) in [5.41, 5.74) is 14.7. The molecule has 0 unspecified atom stereocenters. The smallest absolute Gasteiger partial charge is 0.160 e. The van der Waals surface area contributed by atoms with Crippen molar-refractivity contribution in [3.8, 4) is 67.3 Å². The second-order valence-electron chi connectivity index (χ2n) is 12.2. The number of hydrogen-bond donors (Lipinski definition) is 0. The van der Waals surface area contributed by atoms with Gasteiger partial charge in [0.05, 0.1) is 11.4 Å². The Morgan fingerprint density at radius 3 is 1.82 bits per heavy atom. The van der Waals surface area contributed by atoms with E-state index in [2.05, 4.69) is 140 Å². The highest BCUT2D eigenvalue weighted by molar-refractivity contribution is 5.85. The number of fused-ring (bicyclic) bond motifs is 3. The Balaban J connectivity index is 1.24. The van der Waals surface area contributed by atoms with Gasteiger partial charge >= 0.3 is 0 Å². The van der Waals surface area contributed by atoms with Crippen LogP contribution in [0.15, 0.2) is 152 Å². The summed E-state index contributed by atoms with van der Waals surface area (Å²) in [7, 11) is 0. The molecule has 2 heterocycles. The van der Waals surface area contributed by atoms with Crippen LogP contribution in [0.3, 0.4) is 0 Å². The number of pyridine rings is 1. The average molecular weight is 578 g/mol. The summed E-state index contributed by atoms with van der Waals surface area (Å²) in [4.78, 5) is 14.5. The van der Waals surface area contributed by atoms with E-state index in [1.807, 2.05) is 24.4 Å². The van der Waals surface area contributed by atoms with Gasteiger partial charge in [0.2, 0.25) is 0 Å². The maximum atomic E-state index is 5.14. The second kappa shape index (κ2) is 10.8. The molecule has 1 aliphatic carbocycles. The van der Waals surface area contributed by atoms with Crippen molar-refractivity contribution in [1.82, 2.24) is 15.0 Å². The molecule has 45 heavy (non-hydrogen) atoms. The summed E-state index contributed by atoms with van der Waals surface area (Å²) in [5.74, 6) is 0.686. The summed E-state index contributed by atoms with van der Waals surface area (Å²) in [6.07, 6.45) is 3.64. The van der Waals surface area contributed by atoms with Crippen LogP contribution >= 0.6 is 0 Å². The molecule has 0 saturated carbocycles. The lowest BCUT2D eigenvalue weighted by Gasteiger charge is -2.21. The van der Waals surface area contributed by atoms with E-state index < -0.39 is 0 Å². The van der Waals surface area contributed by atoms with Gasteiger partial charge in [-0.2, -0.15) is 0 Å². The minimum absolute atomic E-state index is 0.00975. The zero-order chi connectivity index (χ0) is 30.4. The zero-order valence-electron chi connectivity index (χ0n) is 25.3. The third kappa shape index (κ3) is 4.83. The molecule has 2 aromatic heterocycles. The topological polar surface area (TPSA) is 38.7 Å². The number of rotatable bonds is 5. The number of benzene rings is 5. The van der Waals surface area contributed by atoms with E-state index in [4.69, 9.17) is 9.97 Å². The van der Waals surface area contributed by atoms with E-state index >= 15 is 0 Å². The fraction of sp³-hybridized carbons (Fsp3) is 0.0714. The summed E-state index contributed by atoms with van der Waals surface area (Å²) < 4.78 is 0. The molecule has 0 radical (unpaired) electrons.